The minimum absolute atomic E-state index is 0.116. The molecule has 0 spiro atoms. The second-order valence-corrected chi connectivity index (χ2v) is 17.3. The van der Waals surface area contributed by atoms with E-state index in [1.165, 1.54) is 23.8 Å². The fourth-order valence-electron chi connectivity index (χ4n) is 8.72. The molecule has 0 unspecified atom stereocenters. The van der Waals surface area contributed by atoms with Gasteiger partial charge in [-0.05, 0) is 85.5 Å². The molecule has 4 aliphatic rings. The maximum Gasteiger partial charge on any atom is 0.351 e. The molecule has 4 heterocycles. The second kappa shape index (κ2) is 16.6. The van der Waals surface area contributed by atoms with Crippen LogP contribution in [0.5, 0.6) is 11.5 Å². The standard InChI is InChI=1S/C44H53N4O8P/c1-29(2)41(49)45-39-24-26-47(42(50)46-39)40-27-36(55-57-48-25-10-15-38(48)43(3,56-57)30-13-9-14-30)37(54-40)28-53-44(31-11-7-6-8-12-31,32-16-20-34(51-4)21-17-32)33-18-22-35(52-5)23-19-33/h6-8,11-12,16-24,26,29-30,36-38,40H,9-10,13-15,25,27-28H2,1-5H3,(H,45,46,49,50)/t36-,37+,38-,40+,43+,57+/m0/s1. The van der Waals surface area contributed by atoms with Gasteiger partial charge in [0.05, 0.1) is 32.5 Å². The van der Waals surface area contributed by atoms with E-state index >= 15 is 0 Å². The molecule has 1 amide bonds. The SMILES string of the molecule is COc1ccc(C(OC[C@H]2O[C@@H](n3ccc(NC(=O)C(C)C)nc3=O)C[C@@H]2O[P@]2O[C@](C)(C3CCC3)[C@@H]3CCCN32)(c2ccccc2)c2ccc(OC)cc2)cc1. The molecule has 0 radical (unpaired) electrons. The van der Waals surface area contributed by atoms with E-state index in [0.717, 1.165) is 47.6 Å². The Labute approximate surface area is 335 Å². The molecule has 4 aromatic rings. The Balaban J connectivity index is 1.15. The minimum Gasteiger partial charge on any atom is -0.497 e. The van der Waals surface area contributed by atoms with Crippen molar-refractivity contribution in [3.8, 4) is 11.5 Å². The van der Waals surface area contributed by atoms with E-state index in [1.54, 1.807) is 40.3 Å². The first-order valence-corrected chi connectivity index (χ1v) is 21.2. The summed E-state index contributed by atoms with van der Waals surface area (Å²) in [5.74, 6) is 1.70. The van der Waals surface area contributed by atoms with Gasteiger partial charge in [0.2, 0.25) is 5.91 Å². The minimum atomic E-state index is -1.39. The van der Waals surface area contributed by atoms with Gasteiger partial charge < -0.3 is 33.3 Å². The molecule has 1 saturated carbocycles. The summed E-state index contributed by atoms with van der Waals surface area (Å²) in [4.78, 5) is 30.1. The molecule has 12 nitrogen and oxygen atoms in total. The molecular formula is C44H53N4O8P. The van der Waals surface area contributed by atoms with E-state index in [-0.39, 0.29) is 29.9 Å². The fourth-order valence-corrected chi connectivity index (χ4v) is 10.9. The Morgan fingerprint density at radius 1 is 0.930 bits per heavy atom. The average Bonchev–Trinajstić information content (AvgIpc) is 3.92. The van der Waals surface area contributed by atoms with Crippen molar-refractivity contribution >= 4 is 20.3 Å². The zero-order valence-electron chi connectivity index (χ0n) is 33.3. The smallest absolute Gasteiger partial charge is 0.351 e. The summed E-state index contributed by atoms with van der Waals surface area (Å²) in [6.07, 6.45) is 6.03. The van der Waals surface area contributed by atoms with Crippen LogP contribution in [-0.4, -0.2) is 71.4 Å². The van der Waals surface area contributed by atoms with E-state index in [2.05, 4.69) is 34.0 Å². The van der Waals surface area contributed by atoms with Gasteiger partial charge in [0.1, 0.15) is 35.2 Å². The van der Waals surface area contributed by atoms with E-state index in [9.17, 15) is 9.59 Å². The van der Waals surface area contributed by atoms with Crippen molar-refractivity contribution < 1.29 is 32.8 Å². The monoisotopic (exact) mass is 796 g/mol. The van der Waals surface area contributed by atoms with Gasteiger partial charge in [0.15, 0.2) is 0 Å². The van der Waals surface area contributed by atoms with Crippen molar-refractivity contribution in [3.05, 3.63) is 118 Å². The predicted molar refractivity (Wildman–Crippen MR) is 217 cm³/mol. The Hall–Kier alpha value is -4.16. The van der Waals surface area contributed by atoms with Gasteiger partial charge >= 0.3 is 5.69 Å². The zero-order valence-corrected chi connectivity index (χ0v) is 34.2. The number of benzene rings is 3. The lowest BCUT2D eigenvalue weighted by Crippen LogP contribution is -2.48. The number of carbonyl (C=O) groups excluding carboxylic acids is 1. The number of fused-ring (bicyclic) bond motifs is 1. The maximum absolute atomic E-state index is 13.6. The lowest BCUT2D eigenvalue weighted by Gasteiger charge is -2.42. The van der Waals surface area contributed by atoms with Crippen LogP contribution in [0.4, 0.5) is 5.82 Å². The van der Waals surface area contributed by atoms with Crippen molar-refractivity contribution in [1.82, 2.24) is 14.2 Å². The molecule has 3 aromatic carbocycles. The summed E-state index contributed by atoms with van der Waals surface area (Å²) < 4.78 is 43.2. The van der Waals surface area contributed by atoms with Gasteiger partial charge in [0.25, 0.3) is 8.53 Å². The quantitative estimate of drug-likeness (QED) is 0.0999. The van der Waals surface area contributed by atoms with Crippen LogP contribution in [0, 0.1) is 11.8 Å². The lowest BCUT2D eigenvalue weighted by atomic mass is 9.70. The first-order chi connectivity index (χ1) is 27.6. The number of hydrogen-bond donors (Lipinski definition) is 1. The third-order valence-electron chi connectivity index (χ3n) is 12.2. The van der Waals surface area contributed by atoms with Crippen molar-refractivity contribution in [2.24, 2.45) is 11.8 Å². The number of nitrogens with zero attached hydrogens (tertiary/aromatic N) is 3. The third kappa shape index (κ3) is 7.64. The van der Waals surface area contributed by atoms with Crippen LogP contribution in [0.1, 0.15) is 82.2 Å². The molecule has 302 valence electrons. The van der Waals surface area contributed by atoms with Gasteiger partial charge in [-0.1, -0.05) is 74.9 Å². The topological polar surface area (TPSA) is 123 Å². The molecule has 1 N–H and O–H groups in total. The van der Waals surface area contributed by atoms with Gasteiger partial charge in [-0.3, -0.25) is 9.36 Å². The summed E-state index contributed by atoms with van der Waals surface area (Å²) >= 11 is 0. The first kappa shape index (κ1) is 39.7. The molecule has 1 aromatic heterocycles. The van der Waals surface area contributed by atoms with Crippen LogP contribution in [0.2, 0.25) is 0 Å². The number of hydrogen-bond acceptors (Lipinski definition) is 10. The summed E-state index contributed by atoms with van der Waals surface area (Å²) in [6.45, 7) is 6.90. The van der Waals surface area contributed by atoms with Crippen LogP contribution >= 0.6 is 8.53 Å². The highest BCUT2D eigenvalue weighted by Gasteiger charge is 2.59. The van der Waals surface area contributed by atoms with Crippen LogP contribution in [0.25, 0.3) is 0 Å². The Kier molecular flexibility index (Phi) is 11.5. The molecule has 13 heteroatoms. The highest BCUT2D eigenvalue weighted by atomic mass is 31.2. The summed E-state index contributed by atoms with van der Waals surface area (Å²) in [5.41, 5.74) is 0.839. The largest absolute Gasteiger partial charge is 0.497 e. The average molecular weight is 797 g/mol. The van der Waals surface area contributed by atoms with Crippen LogP contribution in [-0.2, 0) is 28.9 Å². The third-order valence-corrected chi connectivity index (χ3v) is 14.1. The summed E-state index contributed by atoms with van der Waals surface area (Å²) in [5, 5.41) is 2.73. The molecular weight excluding hydrogens is 743 g/mol. The number of rotatable bonds is 14. The molecule has 1 aliphatic carbocycles. The molecule has 3 saturated heterocycles. The Morgan fingerprint density at radius 3 is 2.16 bits per heavy atom. The normalized spacial score (nSPS) is 26.3. The maximum atomic E-state index is 13.6. The van der Waals surface area contributed by atoms with E-state index in [1.807, 2.05) is 66.7 Å². The number of ether oxygens (including phenoxy) is 4. The van der Waals surface area contributed by atoms with Crippen molar-refractivity contribution in [2.45, 2.75) is 95.0 Å². The summed E-state index contributed by atoms with van der Waals surface area (Å²) in [7, 11) is 1.91. The lowest BCUT2D eigenvalue weighted by molar-refractivity contribution is -0.118. The van der Waals surface area contributed by atoms with Crippen LogP contribution in [0.15, 0.2) is 95.9 Å². The van der Waals surface area contributed by atoms with Crippen molar-refractivity contribution in [2.75, 3.05) is 32.7 Å². The molecule has 4 fully saturated rings. The molecule has 6 atom stereocenters. The van der Waals surface area contributed by atoms with Crippen LogP contribution in [0.3, 0.4) is 0 Å². The fraction of sp³-hybridized carbons (Fsp3) is 0.477. The van der Waals surface area contributed by atoms with E-state index in [0.29, 0.717) is 18.4 Å². The number of anilines is 1. The van der Waals surface area contributed by atoms with Gasteiger partial charge in [0, 0.05) is 31.1 Å². The van der Waals surface area contributed by atoms with Gasteiger partial charge in [-0.25, -0.2) is 9.46 Å². The highest BCUT2D eigenvalue weighted by Crippen LogP contribution is 2.64. The highest BCUT2D eigenvalue weighted by molar-refractivity contribution is 7.45. The van der Waals surface area contributed by atoms with Gasteiger partial charge in [-0.2, -0.15) is 4.98 Å². The Morgan fingerprint density at radius 2 is 1.58 bits per heavy atom. The number of aromatic nitrogens is 2. The second-order valence-electron chi connectivity index (χ2n) is 15.9. The predicted octanol–water partition coefficient (Wildman–Crippen LogP) is 7.82. The van der Waals surface area contributed by atoms with Crippen LogP contribution < -0.4 is 20.5 Å². The van der Waals surface area contributed by atoms with Crippen molar-refractivity contribution in [1.29, 1.82) is 0 Å². The van der Waals surface area contributed by atoms with E-state index < -0.39 is 38.3 Å². The number of amides is 1. The molecule has 57 heavy (non-hydrogen) atoms. The Bertz CT molecular complexity index is 2010. The molecule has 8 rings (SSSR count). The number of carbonyl (C=O) groups is 1. The molecule has 3 aliphatic heterocycles. The first-order valence-electron chi connectivity index (χ1n) is 20.1. The zero-order chi connectivity index (χ0) is 39.7. The molecule has 0 bridgehead atoms. The number of nitrogens with one attached hydrogen (secondary N) is 1. The summed E-state index contributed by atoms with van der Waals surface area (Å²) in [6, 6.07) is 27.9. The van der Waals surface area contributed by atoms with Gasteiger partial charge in [-0.15, -0.1) is 0 Å². The van der Waals surface area contributed by atoms with Crippen molar-refractivity contribution in [3.63, 3.8) is 0 Å². The van der Waals surface area contributed by atoms with E-state index in [4.69, 9.17) is 28.0 Å². The number of methoxy groups -OCH3 is 2.